The van der Waals surface area contributed by atoms with Gasteiger partial charge in [0.25, 0.3) is 0 Å². The Morgan fingerprint density at radius 2 is 2.09 bits per heavy atom. The first-order valence-electron chi connectivity index (χ1n) is 6.46. The lowest BCUT2D eigenvalue weighted by Crippen LogP contribution is -2.23. The number of nitrogens with one attached hydrogen (secondary N) is 2. The Bertz CT molecular complexity index is 737. The molecular weight excluding hydrogens is 296 g/mol. The van der Waals surface area contributed by atoms with E-state index in [1.807, 2.05) is 30.3 Å². The van der Waals surface area contributed by atoms with Gasteiger partial charge in [-0.05, 0) is 42.5 Å². The molecule has 0 bridgehead atoms. The predicted molar refractivity (Wildman–Crippen MR) is 91.1 cm³/mol. The molecule has 0 fully saturated rings. The summed E-state index contributed by atoms with van der Waals surface area (Å²) in [5, 5.41) is 16.2. The standard InChI is InChI=1S/C16H14N4OS/c1-21-15-8-3-2-6-13(15)11-18-20-16(22)19-14-7-4-5-12(9-14)10-17/h2-9,11H,1H3,(H2,19,20,22)/b18-11+. The third-order valence-corrected chi connectivity index (χ3v) is 2.95. The Morgan fingerprint density at radius 1 is 1.27 bits per heavy atom. The molecule has 0 heterocycles. The van der Waals surface area contributed by atoms with E-state index in [2.05, 4.69) is 21.9 Å². The van der Waals surface area contributed by atoms with E-state index in [0.717, 1.165) is 17.0 Å². The maximum absolute atomic E-state index is 8.85. The summed E-state index contributed by atoms with van der Waals surface area (Å²) >= 11 is 5.14. The van der Waals surface area contributed by atoms with Gasteiger partial charge in [0.15, 0.2) is 5.11 Å². The van der Waals surface area contributed by atoms with E-state index < -0.39 is 0 Å². The highest BCUT2D eigenvalue weighted by atomic mass is 32.1. The van der Waals surface area contributed by atoms with E-state index in [0.29, 0.717) is 10.7 Å². The Morgan fingerprint density at radius 3 is 2.86 bits per heavy atom. The normalized spacial score (nSPS) is 10.0. The van der Waals surface area contributed by atoms with Crippen molar-refractivity contribution in [3.8, 4) is 11.8 Å². The third-order valence-electron chi connectivity index (χ3n) is 2.76. The van der Waals surface area contributed by atoms with Crippen molar-refractivity contribution < 1.29 is 4.74 Å². The molecule has 5 nitrogen and oxygen atoms in total. The number of anilines is 1. The molecule has 6 heteroatoms. The predicted octanol–water partition coefficient (Wildman–Crippen LogP) is 2.89. The Balaban J connectivity index is 1.95. The van der Waals surface area contributed by atoms with Crippen LogP contribution in [0.4, 0.5) is 5.69 Å². The maximum atomic E-state index is 8.85. The van der Waals surface area contributed by atoms with Crippen LogP contribution < -0.4 is 15.5 Å². The van der Waals surface area contributed by atoms with Crippen molar-refractivity contribution in [1.29, 1.82) is 5.26 Å². The minimum absolute atomic E-state index is 0.334. The zero-order valence-corrected chi connectivity index (χ0v) is 12.7. The van der Waals surface area contributed by atoms with Crippen LogP contribution in [0.25, 0.3) is 0 Å². The molecule has 2 aromatic rings. The lowest BCUT2D eigenvalue weighted by atomic mass is 10.2. The largest absolute Gasteiger partial charge is 0.496 e. The molecule has 0 amide bonds. The second kappa shape index (κ2) is 7.76. The average molecular weight is 310 g/mol. The van der Waals surface area contributed by atoms with Gasteiger partial charge < -0.3 is 10.1 Å². The first-order valence-corrected chi connectivity index (χ1v) is 6.87. The van der Waals surface area contributed by atoms with Gasteiger partial charge in [0, 0.05) is 11.3 Å². The molecule has 0 atom stereocenters. The Kier molecular flexibility index (Phi) is 5.46. The molecule has 0 saturated carbocycles. The van der Waals surface area contributed by atoms with E-state index >= 15 is 0 Å². The lowest BCUT2D eigenvalue weighted by Gasteiger charge is -2.07. The van der Waals surface area contributed by atoms with Crippen LogP contribution >= 0.6 is 12.2 Å². The molecule has 0 aliphatic rings. The number of rotatable bonds is 4. The zero-order valence-electron chi connectivity index (χ0n) is 11.9. The van der Waals surface area contributed by atoms with Gasteiger partial charge in [0.05, 0.1) is 25.0 Å². The van der Waals surface area contributed by atoms with Gasteiger partial charge >= 0.3 is 0 Å². The number of ether oxygens (including phenoxy) is 1. The fourth-order valence-corrected chi connectivity index (χ4v) is 1.93. The number of methoxy groups -OCH3 is 1. The van der Waals surface area contributed by atoms with Gasteiger partial charge in [0.1, 0.15) is 5.75 Å². The number of nitriles is 1. The van der Waals surface area contributed by atoms with E-state index in [4.69, 9.17) is 22.2 Å². The lowest BCUT2D eigenvalue weighted by molar-refractivity contribution is 0.414. The second-order valence-corrected chi connectivity index (χ2v) is 4.67. The summed E-state index contributed by atoms with van der Waals surface area (Å²) in [5.74, 6) is 0.730. The quantitative estimate of drug-likeness (QED) is 0.516. The van der Waals surface area contributed by atoms with Crippen LogP contribution in [0.1, 0.15) is 11.1 Å². The first-order chi connectivity index (χ1) is 10.7. The highest BCUT2D eigenvalue weighted by molar-refractivity contribution is 7.80. The average Bonchev–Trinajstić information content (AvgIpc) is 2.55. The van der Waals surface area contributed by atoms with Crippen molar-refractivity contribution in [1.82, 2.24) is 5.43 Å². The topological polar surface area (TPSA) is 69.4 Å². The molecule has 0 unspecified atom stereocenters. The van der Waals surface area contributed by atoms with E-state index in [9.17, 15) is 0 Å². The van der Waals surface area contributed by atoms with Crippen LogP contribution in [0.15, 0.2) is 53.6 Å². The highest BCUT2D eigenvalue weighted by Crippen LogP contribution is 2.14. The summed E-state index contributed by atoms with van der Waals surface area (Å²) in [6.45, 7) is 0. The smallest absolute Gasteiger partial charge is 0.191 e. The van der Waals surface area contributed by atoms with Gasteiger partial charge in [-0.25, -0.2) is 0 Å². The van der Waals surface area contributed by atoms with Crippen LogP contribution in [-0.4, -0.2) is 18.4 Å². The number of thiocarbonyl (C=S) groups is 1. The molecule has 0 aliphatic heterocycles. The second-order valence-electron chi connectivity index (χ2n) is 4.26. The van der Waals surface area contributed by atoms with Crippen LogP contribution in [0.2, 0.25) is 0 Å². The fraction of sp³-hybridized carbons (Fsp3) is 0.0625. The van der Waals surface area contributed by atoms with E-state index in [-0.39, 0.29) is 0 Å². The molecule has 110 valence electrons. The molecule has 0 aromatic heterocycles. The summed E-state index contributed by atoms with van der Waals surface area (Å²) in [5.41, 5.74) is 4.85. The number of benzene rings is 2. The first kappa shape index (κ1) is 15.5. The van der Waals surface area contributed by atoms with Gasteiger partial charge in [-0.15, -0.1) is 0 Å². The SMILES string of the molecule is COc1ccccc1/C=N/NC(=S)Nc1cccc(C#N)c1. The maximum Gasteiger partial charge on any atom is 0.191 e. The third kappa shape index (κ3) is 4.30. The van der Waals surface area contributed by atoms with Crippen molar-refractivity contribution in [3.05, 3.63) is 59.7 Å². The molecule has 0 saturated heterocycles. The van der Waals surface area contributed by atoms with Crippen LogP contribution in [0.3, 0.4) is 0 Å². The molecule has 2 N–H and O–H groups in total. The number of hydrazone groups is 1. The minimum Gasteiger partial charge on any atom is -0.496 e. The minimum atomic E-state index is 0.334. The number of para-hydroxylation sites is 1. The molecule has 0 aliphatic carbocycles. The summed E-state index contributed by atoms with van der Waals surface area (Å²) in [4.78, 5) is 0. The van der Waals surface area contributed by atoms with Crippen molar-refractivity contribution in [3.63, 3.8) is 0 Å². The van der Waals surface area contributed by atoms with Crippen molar-refractivity contribution in [2.75, 3.05) is 12.4 Å². The highest BCUT2D eigenvalue weighted by Gasteiger charge is 1.99. The van der Waals surface area contributed by atoms with Gasteiger partial charge in [-0.1, -0.05) is 18.2 Å². The molecule has 2 aromatic carbocycles. The monoisotopic (exact) mass is 310 g/mol. The summed E-state index contributed by atoms with van der Waals surface area (Å²) in [6.07, 6.45) is 1.62. The van der Waals surface area contributed by atoms with Crippen molar-refractivity contribution >= 4 is 29.2 Å². The van der Waals surface area contributed by atoms with Crippen LogP contribution in [-0.2, 0) is 0 Å². The number of hydrogen-bond acceptors (Lipinski definition) is 4. The van der Waals surface area contributed by atoms with Crippen LogP contribution in [0.5, 0.6) is 5.75 Å². The zero-order chi connectivity index (χ0) is 15.8. The molecule has 0 radical (unpaired) electrons. The van der Waals surface area contributed by atoms with E-state index in [1.54, 1.807) is 31.5 Å². The van der Waals surface area contributed by atoms with Gasteiger partial charge in [-0.3, -0.25) is 5.43 Å². The van der Waals surface area contributed by atoms with Crippen LogP contribution in [0, 0.1) is 11.3 Å². The number of nitrogens with zero attached hydrogens (tertiary/aromatic N) is 2. The summed E-state index contributed by atoms with van der Waals surface area (Å²) < 4.78 is 5.23. The Hall–Kier alpha value is -2.91. The van der Waals surface area contributed by atoms with Gasteiger partial charge in [-0.2, -0.15) is 10.4 Å². The van der Waals surface area contributed by atoms with Crippen molar-refractivity contribution in [2.45, 2.75) is 0 Å². The molecular formula is C16H14N4OS. The molecule has 2 rings (SSSR count). The fourth-order valence-electron chi connectivity index (χ4n) is 1.76. The number of hydrogen-bond donors (Lipinski definition) is 2. The molecule has 22 heavy (non-hydrogen) atoms. The Labute approximate surface area is 134 Å². The van der Waals surface area contributed by atoms with Crippen molar-refractivity contribution in [2.24, 2.45) is 5.10 Å². The van der Waals surface area contributed by atoms with Gasteiger partial charge in [0.2, 0.25) is 0 Å². The molecule has 0 spiro atoms. The van der Waals surface area contributed by atoms with E-state index in [1.165, 1.54) is 0 Å². The summed E-state index contributed by atoms with van der Waals surface area (Å²) in [6, 6.07) is 16.6. The summed E-state index contributed by atoms with van der Waals surface area (Å²) in [7, 11) is 1.61.